The van der Waals surface area contributed by atoms with Gasteiger partial charge in [0.05, 0.1) is 33.5 Å². The highest BCUT2D eigenvalue weighted by atomic mass is 19.1. The zero-order chi connectivity index (χ0) is 40.1. The topological polar surface area (TPSA) is 35.6 Å². The Labute approximate surface area is 346 Å². The van der Waals surface area contributed by atoms with Gasteiger partial charge in [0.2, 0.25) is 5.95 Å². The van der Waals surface area contributed by atoms with Gasteiger partial charge in [-0.25, -0.2) is 14.4 Å². The van der Waals surface area contributed by atoms with Crippen molar-refractivity contribution >= 4 is 43.6 Å². The van der Waals surface area contributed by atoms with Gasteiger partial charge in [0.25, 0.3) is 0 Å². The average Bonchev–Trinajstić information content (AvgIpc) is 3.89. The number of halogens is 1. The van der Waals surface area contributed by atoms with Gasteiger partial charge in [0.1, 0.15) is 5.82 Å². The number of hydrogen-bond donors (Lipinski definition) is 0. The Balaban J connectivity index is 1.03. The molecule has 0 radical (unpaired) electrons. The third-order valence-electron chi connectivity index (χ3n) is 12.6. The number of fused-ring (bicyclic) bond motifs is 9. The van der Waals surface area contributed by atoms with Crippen LogP contribution in [0.5, 0.6) is 0 Å². The summed E-state index contributed by atoms with van der Waals surface area (Å²) in [7, 11) is 0. The third-order valence-corrected chi connectivity index (χ3v) is 12.6. The van der Waals surface area contributed by atoms with Gasteiger partial charge in [-0.3, -0.25) is 4.57 Å². The highest BCUT2D eigenvalue weighted by molar-refractivity contribution is 6.12. The van der Waals surface area contributed by atoms with E-state index >= 15 is 0 Å². The summed E-state index contributed by atoms with van der Waals surface area (Å²) in [6, 6.07) is 65.5. The van der Waals surface area contributed by atoms with Crippen LogP contribution in [0, 0.1) is 5.82 Å². The van der Waals surface area contributed by atoms with Crippen LogP contribution in [0.3, 0.4) is 0 Å². The van der Waals surface area contributed by atoms with Crippen LogP contribution in [0.2, 0.25) is 0 Å². The van der Waals surface area contributed by atoms with Crippen molar-refractivity contribution in [3.05, 3.63) is 205 Å². The van der Waals surface area contributed by atoms with Crippen LogP contribution in [0.4, 0.5) is 4.39 Å². The second kappa shape index (κ2) is 12.9. The fourth-order valence-corrected chi connectivity index (χ4v) is 9.68. The summed E-state index contributed by atoms with van der Waals surface area (Å²) in [4.78, 5) is 10.7. The van der Waals surface area contributed by atoms with Crippen LogP contribution >= 0.6 is 0 Å². The zero-order valence-electron chi connectivity index (χ0n) is 33.1. The lowest BCUT2D eigenvalue weighted by molar-refractivity contribution is 0.609. The molecule has 1 aliphatic carbocycles. The van der Waals surface area contributed by atoms with Crippen LogP contribution in [-0.4, -0.2) is 19.1 Å². The maximum absolute atomic E-state index is 14.5. The average molecular weight is 773 g/mol. The molecule has 4 nitrogen and oxygen atoms in total. The van der Waals surface area contributed by atoms with E-state index in [2.05, 4.69) is 175 Å². The van der Waals surface area contributed by atoms with E-state index in [-0.39, 0.29) is 11.2 Å². The van der Waals surface area contributed by atoms with E-state index < -0.39 is 0 Å². The van der Waals surface area contributed by atoms with Crippen molar-refractivity contribution in [1.82, 2.24) is 19.1 Å². The van der Waals surface area contributed by atoms with Crippen LogP contribution < -0.4 is 0 Å². The predicted octanol–water partition coefficient (Wildman–Crippen LogP) is 14.1. The van der Waals surface area contributed by atoms with E-state index in [1.165, 1.54) is 21.8 Å². The van der Waals surface area contributed by atoms with Crippen molar-refractivity contribution in [3.8, 4) is 56.4 Å². The quantitative estimate of drug-likeness (QED) is 0.175. The first kappa shape index (κ1) is 34.4. The smallest absolute Gasteiger partial charge is 0.235 e. The Hall–Kier alpha value is -7.63. The molecule has 0 fully saturated rings. The third kappa shape index (κ3) is 5.15. The molecule has 60 heavy (non-hydrogen) atoms. The molecule has 0 bridgehead atoms. The molecule has 284 valence electrons. The Morgan fingerprint density at radius 3 is 1.57 bits per heavy atom. The molecule has 0 unspecified atom stereocenters. The Kier molecular flexibility index (Phi) is 7.42. The Morgan fingerprint density at radius 1 is 0.400 bits per heavy atom. The molecule has 12 rings (SSSR count). The molecule has 5 heteroatoms. The van der Waals surface area contributed by atoms with Crippen LogP contribution in [0.15, 0.2) is 188 Å². The maximum atomic E-state index is 14.5. The standard InChI is InChI=1S/C55H37FN4/c1-55(2)46-31-37(21-25-40(46)41-26-24-38(56)32-47(41)55)49-33-48(34-13-5-3-6-14-34)57-54(58-49)60-51-20-12-10-18-43(51)45-30-36(23-28-53(45)60)35-22-27-52-44(29-35)42-17-9-11-19-50(42)59(52)39-15-7-4-8-16-39/h3-33H,1-2H3. The fourth-order valence-electron chi connectivity index (χ4n) is 9.68. The summed E-state index contributed by atoms with van der Waals surface area (Å²) in [5, 5.41) is 4.72. The zero-order valence-corrected chi connectivity index (χ0v) is 33.1. The molecule has 8 aromatic carbocycles. The number of benzene rings is 8. The first-order valence-corrected chi connectivity index (χ1v) is 20.4. The molecule has 0 spiro atoms. The van der Waals surface area contributed by atoms with Gasteiger partial charge in [-0.15, -0.1) is 0 Å². The predicted molar refractivity (Wildman–Crippen MR) is 245 cm³/mol. The summed E-state index contributed by atoms with van der Waals surface area (Å²) in [5.74, 6) is 0.389. The van der Waals surface area contributed by atoms with Gasteiger partial charge in [0.15, 0.2) is 0 Å². The molecular formula is C55H37FN4. The van der Waals surface area contributed by atoms with Gasteiger partial charge in [-0.2, -0.15) is 0 Å². The van der Waals surface area contributed by atoms with Crippen molar-refractivity contribution in [1.29, 1.82) is 0 Å². The molecule has 0 amide bonds. The summed E-state index contributed by atoms with van der Waals surface area (Å²) in [5.41, 5.74) is 15.6. The van der Waals surface area contributed by atoms with Gasteiger partial charge >= 0.3 is 0 Å². The molecule has 3 aromatic heterocycles. The highest BCUT2D eigenvalue weighted by Gasteiger charge is 2.36. The Bertz CT molecular complexity index is 3520. The number of nitrogens with zero attached hydrogens (tertiary/aromatic N) is 4. The summed E-state index contributed by atoms with van der Waals surface area (Å²) < 4.78 is 19.1. The van der Waals surface area contributed by atoms with Crippen molar-refractivity contribution in [2.45, 2.75) is 19.3 Å². The minimum absolute atomic E-state index is 0.214. The van der Waals surface area contributed by atoms with Crippen molar-refractivity contribution in [2.24, 2.45) is 0 Å². The van der Waals surface area contributed by atoms with Crippen LogP contribution in [0.25, 0.3) is 100 Å². The molecule has 11 aromatic rings. The van der Waals surface area contributed by atoms with E-state index in [0.29, 0.717) is 5.95 Å². The minimum Gasteiger partial charge on any atom is -0.309 e. The summed E-state index contributed by atoms with van der Waals surface area (Å²) in [6.45, 7) is 4.35. The van der Waals surface area contributed by atoms with Crippen molar-refractivity contribution in [2.75, 3.05) is 0 Å². The highest BCUT2D eigenvalue weighted by Crippen LogP contribution is 2.50. The molecule has 0 aliphatic heterocycles. The van der Waals surface area contributed by atoms with Gasteiger partial charge in [-0.05, 0) is 106 Å². The van der Waals surface area contributed by atoms with Crippen LogP contribution in [-0.2, 0) is 5.41 Å². The van der Waals surface area contributed by atoms with Gasteiger partial charge in [0, 0.05) is 43.8 Å². The Morgan fingerprint density at radius 2 is 0.900 bits per heavy atom. The molecule has 0 atom stereocenters. The molecule has 0 N–H and O–H groups in total. The maximum Gasteiger partial charge on any atom is 0.235 e. The van der Waals surface area contributed by atoms with E-state index in [4.69, 9.17) is 9.97 Å². The first-order chi connectivity index (χ1) is 29.4. The van der Waals surface area contributed by atoms with E-state index in [0.717, 1.165) is 83.4 Å². The van der Waals surface area contributed by atoms with E-state index in [1.807, 2.05) is 24.3 Å². The van der Waals surface area contributed by atoms with Crippen molar-refractivity contribution < 1.29 is 4.39 Å². The number of hydrogen-bond acceptors (Lipinski definition) is 2. The largest absolute Gasteiger partial charge is 0.309 e. The van der Waals surface area contributed by atoms with Crippen molar-refractivity contribution in [3.63, 3.8) is 0 Å². The van der Waals surface area contributed by atoms with E-state index in [9.17, 15) is 4.39 Å². The molecular weight excluding hydrogens is 736 g/mol. The SMILES string of the molecule is CC1(C)c2cc(F)ccc2-c2ccc(-c3cc(-c4ccccc4)nc(-n4c5ccccc5c5cc(-c6ccc7c(c6)c6ccccc6n7-c6ccccc6)ccc54)n3)cc21. The molecule has 0 saturated heterocycles. The lowest BCUT2D eigenvalue weighted by Crippen LogP contribution is -2.15. The first-order valence-electron chi connectivity index (χ1n) is 20.4. The lowest BCUT2D eigenvalue weighted by Gasteiger charge is -2.22. The number of rotatable bonds is 5. The molecule has 0 saturated carbocycles. The van der Waals surface area contributed by atoms with E-state index in [1.54, 1.807) is 12.1 Å². The van der Waals surface area contributed by atoms with Crippen LogP contribution in [0.1, 0.15) is 25.0 Å². The summed E-state index contributed by atoms with van der Waals surface area (Å²) in [6.07, 6.45) is 0. The molecule has 1 aliphatic rings. The normalized spacial score (nSPS) is 13.1. The molecule has 3 heterocycles. The second-order valence-corrected chi connectivity index (χ2v) is 16.4. The lowest BCUT2D eigenvalue weighted by atomic mass is 9.82. The second-order valence-electron chi connectivity index (χ2n) is 16.4. The monoisotopic (exact) mass is 772 g/mol. The number of aromatic nitrogens is 4. The minimum atomic E-state index is -0.366. The van der Waals surface area contributed by atoms with Gasteiger partial charge in [-0.1, -0.05) is 129 Å². The summed E-state index contributed by atoms with van der Waals surface area (Å²) >= 11 is 0. The fraction of sp³-hybridized carbons (Fsp3) is 0.0545. The number of para-hydroxylation sites is 3. The van der Waals surface area contributed by atoms with Gasteiger partial charge < -0.3 is 4.57 Å².